The Morgan fingerprint density at radius 1 is 0.821 bits per heavy atom. The molecule has 0 aromatic heterocycles. The first kappa shape index (κ1) is 21.3. The number of amides is 3. The summed E-state index contributed by atoms with van der Waals surface area (Å²) in [6.07, 6.45) is -0.231. The van der Waals surface area contributed by atoms with Crippen LogP contribution in [0.1, 0.15) is 40.5 Å². The van der Waals surface area contributed by atoms with E-state index in [1.165, 1.54) is 0 Å². The number of hydrogen-bond acceptors (Lipinski definition) is 4. The highest BCUT2D eigenvalue weighted by Gasteiger charge is 2.18. The zero-order chi connectivity index (χ0) is 20.5. The third-order valence-electron chi connectivity index (χ3n) is 3.83. The molecule has 0 aliphatic carbocycles. The van der Waals surface area contributed by atoms with Crippen molar-refractivity contribution in [3.63, 3.8) is 0 Å². The highest BCUT2D eigenvalue weighted by molar-refractivity contribution is 9.10. The van der Waals surface area contributed by atoms with E-state index >= 15 is 0 Å². The number of Topliss-reactive ketones (excluding diaryl/α,β-unsaturated/α-hetero) is 1. The lowest BCUT2D eigenvalue weighted by atomic mass is 10.1. The fraction of sp³-hybridized carbons (Fsp3) is 0.200. The molecule has 1 atom stereocenters. The lowest BCUT2D eigenvalue weighted by molar-refractivity contribution is -0.127. The number of carbonyl (C=O) groups excluding carboxylic acids is 4. The van der Waals surface area contributed by atoms with Crippen molar-refractivity contribution in [3.05, 3.63) is 70.2 Å². The van der Waals surface area contributed by atoms with Gasteiger partial charge < -0.3 is 5.32 Å². The van der Waals surface area contributed by atoms with Crippen LogP contribution in [0.25, 0.3) is 0 Å². The van der Waals surface area contributed by atoms with Crippen LogP contribution < -0.4 is 16.2 Å². The van der Waals surface area contributed by atoms with Crippen molar-refractivity contribution >= 4 is 39.4 Å². The van der Waals surface area contributed by atoms with E-state index in [0.29, 0.717) is 11.1 Å². The van der Waals surface area contributed by atoms with Gasteiger partial charge in [0.25, 0.3) is 5.91 Å². The van der Waals surface area contributed by atoms with Crippen LogP contribution in [-0.4, -0.2) is 29.5 Å². The molecule has 2 rings (SSSR count). The van der Waals surface area contributed by atoms with Gasteiger partial charge in [0.15, 0.2) is 5.78 Å². The molecular formula is C20H20BrN3O4. The predicted octanol–water partition coefficient (Wildman–Crippen LogP) is 2.38. The Labute approximate surface area is 171 Å². The minimum absolute atomic E-state index is 0.106. The fourth-order valence-corrected chi connectivity index (χ4v) is 2.59. The van der Waals surface area contributed by atoms with Crippen molar-refractivity contribution in [2.45, 2.75) is 25.8 Å². The molecule has 3 N–H and O–H groups in total. The highest BCUT2D eigenvalue weighted by atomic mass is 79.9. The second-order valence-corrected chi connectivity index (χ2v) is 6.94. The third kappa shape index (κ3) is 6.62. The number of halogens is 1. The molecule has 28 heavy (non-hydrogen) atoms. The number of benzene rings is 2. The van der Waals surface area contributed by atoms with Crippen LogP contribution in [0.2, 0.25) is 0 Å². The molecule has 0 heterocycles. The number of ketones is 1. The van der Waals surface area contributed by atoms with Gasteiger partial charge >= 0.3 is 0 Å². The second kappa shape index (κ2) is 10.4. The van der Waals surface area contributed by atoms with E-state index in [4.69, 9.17) is 0 Å². The van der Waals surface area contributed by atoms with Gasteiger partial charge in [-0.3, -0.25) is 30.0 Å². The Bertz CT molecular complexity index is 854. The number of carbonyl (C=O) groups is 4. The van der Waals surface area contributed by atoms with Crippen LogP contribution in [0.4, 0.5) is 0 Å². The van der Waals surface area contributed by atoms with Crippen LogP contribution in [-0.2, 0) is 9.59 Å². The summed E-state index contributed by atoms with van der Waals surface area (Å²) in [6, 6.07) is 14.5. The van der Waals surface area contributed by atoms with Crippen molar-refractivity contribution in [2.75, 3.05) is 0 Å². The largest absolute Gasteiger partial charge is 0.346 e. The topological polar surface area (TPSA) is 104 Å². The van der Waals surface area contributed by atoms with E-state index in [1.54, 1.807) is 61.5 Å². The van der Waals surface area contributed by atoms with E-state index in [0.717, 1.165) is 4.47 Å². The summed E-state index contributed by atoms with van der Waals surface area (Å²) in [5.74, 6) is -1.61. The summed E-state index contributed by atoms with van der Waals surface area (Å²) in [6.45, 7) is 1.59. The molecule has 146 valence electrons. The monoisotopic (exact) mass is 445 g/mol. The van der Waals surface area contributed by atoms with Gasteiger partial charge in [0.2, 0.25) is 11.8 Å². The maximum absolute atomic E-state index is 12.3. The van der Waals surface area contributed by atoms with Gasteiger partial charge in [-0.25, -0.2) is 0 Å². The number of hydrazine groups is 1. The number of rotatable bonds is 7. The zero-order valence-electron chi connectivity index (χ0n) is 15.2. The Balaban J connectivity index is 1.72. The van der Waals surface area contributed by atoms with Gasteiger partial charge in [0.1, 0.15) is 0 Å². The molecule has 8 heteroatoms. The first-order valence-corrected chi connectivity index (χ1v) is 9.39. The molecule has 1 unspecified atom stereocenters. The summed E-state index contributed by atoms with van der Waals surface area (Å²) < 4.78 is 0.853. The first-order chi connectivity index (χ1) is 13.4. The second-order valence-electron chi connectivity index (χ2n) is 6.03. The molecule has 0 spiro atoms. The minimum Gasteiger partial charge on any atom is -0.346 e. The predicted molar refractivity (Wildman–Crippen MR) is 107 cm³/mol. The summed E-state index contributed by atoms with van der Waals surface area (Å²) in [5, 5.41) is 2.57. The van der Waals surface area contributed by atoms with Crippen molar-refractivity contribution in [1.29, 1.82) is 0 Å². The molecule has 0 saturated heterocycles. The highest BCUT2D eigenvalue weighted by Crippen LogP contribution is 2.12. The lowest BCUT2D eigenvalue weighted by Gasteiger charge is -2.13. The number of hydrogen-bond donors (Lipinski definition) is 3. The SMILES string of the molecule is CC(NC(=O)CCC(=O)NNC(=O)c1ccccc1)C(=O)c1ccc(Br)cc1. The van der Waals surface area contributed by atoms with Crippen LogP contribution >= 0.6 is 15.9 Å². The molecule has 7 nitrogen and oxygen atoms in total. The van der Waals surface area contributed by atoms with Gasteiger partial charge in [0, 0.05) is 28.4 Å². The summed E-state index contributed by atoms with van der Waals surface area (Å²) in [4.78, 5) is 47.9. The molecule has 3 amide bonds. The molecule has 0 radical (unpaired) electrons. The number of nitrogens with one attached hydrogen (secondary N) is 3. The Morgan fingerprint density at radius 2 is 1.43 bits per heavy atom. The quantitative estimate of drug-likeness (QED) is 0.449. The average Bonchev–Trinajstić information content (AvgIpc) is 2.71. The third-order valence-corrected chi connectivity index (χ3v) is 4.36. The Hall–Kier alpha value is -3.00. The summed E-state index contributed by atoms with van der Waals surface area (Å²) >= 11 is 3.30. The first-order valence-electron chi connectivity index (χ1n) is 8.60. The molecule has 0 aliphatic heterocycles. The van der Waals surface area contributed by atoms with Gasteiger partial charge in [-0.05, 0) is 31.2 Å². The van der Waals surface area contributed by atoms with Crippen molar-refractivity contribution in [1.82, 2.24) is 16.2 Å². The molecule has 0 aliphatic rings. The van der Waals surface area contributed by atoms with Gasteiger partial charge in [-0.15, -0.1) is 0 Å². The Morgan fingerprint density at radius 3 is 2.07 bits per heavy atom. The van der Waals surface area contributed by atoms with Gasteiger partial charge in [0.05, 0.1) is 6.04 Å². The van der Waals surface area contributed by atoms with Gasteiger partial charge in [-0.2, -0.15) is 0 Å². The molecule has 2 aromatic carbocycles. The summed E-state index contributed by atoms with van der Waals surface area (Å²) in [7, 11) is 0. The minimum atomic E-state index is -0.713. The van der Waals surface area contributed by atoms with Crippen molar-refractivity contribution in [2.24, 2.45) is 0 Å². The van der Waals surface area contributed by atoms with Crippen LogP contribution in [0.3, 0.4) is 0 Å². The molecule has 0 fully saturated rings. The smallest absolute Gasteiger partial charge is 0.269 e. The summed E-state index contributed by atoms with van der Waals surface area (Å²) in [5.41, 5.74) is 5.42. The van der Waals surface area contributed by atoms with E-state index in [-0.39, 0.29) is 18.6 Å². The fourth-order valence-electron chi connectivity index (χ4n) is 2.32. The van der Waals surface area contributed by atoms with Crippen molar-refractivity contribution in [3.8, 4) is 0 Å². The van der Waals surface area contributed by atoms with Crippen LogP contribution in [0.15, 0.2) is 59.1 Å². The molecule has 2 aromatic rings. The standard InChI is InChI=1S/C20H20BrN3O4/c1-13(19(27)14-7-9-16(21)10-8-14)22-17(25)11-12-18(26)23-24-20(28)15-5-3-2-4-6-15/h2-10,13H,11-12H2,1H3,(H,22,25)(H,23,26)(H,24,28). The lowest BCUT2D eigenvalue weighted by Crippen LogP contribution is -2.42. The van der Waals surface area contributed by atoms with Crippen molar-refractivity contribution < 1.29 is 19.2 Å². The van der Waals surface area contributed by atoms with E-state index in [1.807, 2.05) is 0 Å². The van der Waals surface area contributed by atoms with E-state index in [2.05, 4.69) is 32.1 Å². The van der Waals surface area contributed by atoms with Crippen LogP contribution in [0.5, 0.6) is 0 Å². The maximum atomic E-state index is 12.3. The normalized spacial score (nSPS) is 11.2. The molecular weight excluding hydrogens is 426 g/mol. The Kier molecular flexibility index (Phi) is 7.88. The molecule has 0 bridgehead atoms. The van der Waals surface area contributed by atoms with Crippen LogP contribution in [0, 0.1) is 0 Å². The van der Waals surface area contributed by atoms with E-state index < -0.39 is 23.8 Å². The maximum Gasteiger partial charge on any atom is 0.269 e. The zero-order valence-corrected chi connectivity index (χ0v) is 16.8. The average molecular weight is 446 g/mol. The van der Waals surface area contributed by atoms with Gasteiger partial charge in [-0.1, -0.05) is 46.3 Å². The molecule has 0 saturated carbocycles. The van der Waals surface area contributed by atoms with E-state index in [9.17, 15) is 19.2 Å².